The molecule has 2 rings (SSSR count). The molecule has 1 aromatic rings. The maximum Gasteiger partial charge on any atom is 0.417 e. The van der Waals surface area contributed by atoms with E-state index in [-0.39, 0.29) is 35.1 Å². The minimum Gasteiger partial charge on any atom is -0.295 e. The number of rotatable bonds is 1. The molecule has 0 spiro atoms. The van der Waals surface area contributed by atoms with E-state index in [0.717, 1.165) is 6.07 Å². The zero-order valence-electron chi connectivity index (χ0n) is 9.54. The van der Waals surface area contributed by atoms with Crippen LogP contribution in [0.4, 0.5) is 19.0 Å². The van der Waals surface area contributed by atoms with Gasteiger partial charge in [0.2, 0.25) is 5.91 Å². The summed E-state index contributed by atoms with van der Waals surface area (Å²) in [5.74, 6) is 2.15. The van der Waals surface area contributed by atoms with Gasteiger partial charge in [0.25, 0.3) is 0 Å². The van der Waals surface area contributed by atoms with Crippen LogP contribution in [0, 0.1) is 18.3 Å². The van der Waals surface area contributed by atoms with Crippen molar-refractivity contribution in [1.29, 1.82) is 0 Å². The number of hydrogen-bond acceptors (Lipinski definition) is 2. The fraction of sp³-hybridized carbons (Fsp3) is 0.333. The summed E-state index contributed by atoms with van der Waals surface area (Å²) in [7, 11) is 0. The first-order chi connectivity index (χ1) is 8.82. The predicted molar refractivity (Wildman–Crippen MR) is 66.2 cm³/mol. The second-order valence-corrected chi connectivity index (χ2v) is 4.95. The Labute approximate surface area is 115 Å². The number of nitrogens with zero attached hydrogens (tertiary/aromatic N) is 2. The molecule has 19 heavy (non-hydrogen) atoms. The summed E-state index contributed by atoms with van der Waals surface area (Å²) >= 11 is 3.01. The molecule has 3 nitrogen and oxygen atoms in total. The van der Waals surface area contributed by atoms with E-state index in [2.05, 4.69) is 26.8 Å². The van der Waals surface area contributed by atoms with Crippen LogP contribution in [0.5, 0.6) is 0 Å². The number of aromatic nitrogens is 1. The van der Waals surface area contributed by atoms with Crippen LogP contribution in [0.25, 0.3) is 0 Å². The molecule has 0 bridgehead atoms. The summed E-state index contributed by atoms with van der Waals surface area (Å²) in [5, 5.41) is 0. The summed E-state index contributed by atoms with van der Waals surface area (Å²) < 4.78 is 37.6. The molecule has 1 aromatic heterocycles. The highest BCUT2D eigenvalue weighted by Crippen LogP contribution is 2.35. The van der Waals surface area contributed by atoms with Crippen molar-refractivity contribution < 1.29 is 18.0 Å². The maximum absolute atomic E-state index is 12.5. The first-order valence-corrected chi connectivity index (χ1v) is 6.11. The molecular weight excluding hydrogens is 325 g/mol. The van der Waals surface area contributed by atoms with Gasteiger partial charge in [-0.25, -0.2) is 4.98 Å². The van der Waals surface area contributed by atoms with Gasteiger partial charge >= 0.3 is 6.18 Å². The standard InChI is InChI=1S/C12H8BrF3N2O/c1-2-7-3-10(19)18(6-7)11-9(13)4-8(5-17-11)12(14,15)16/h1,4-5,7H,3,6H2. The lowest BCUT2D eigenvalue weighted by molar-refractivity contribution is -0.137. The van der Waals surface area contributed by atoms with Crippen LogP contribution in [-0.2, 0) is 11.0 Å². The van der Waals surface area contributed by atoms with E-state index in [1.807, 2.05) is 0 Å². The minimum absolute atomic E-state index is 0.119. The third-order valence-electron chi connectivity index (χ3n) is 2.77. The van der Waals surface area contributed by atoms with E-state index in [9.17, 15) is 18.0 Å². The zero-order chi connectivity index (χ0) is 14.2. The Balaban J connectivity index is 2.33. The van der Waals surface area contributed by atoms with Crippen LogP contribution < -0.4 is 4.90 Å². The fourth-order valence-corrected chi connectivity index (χ4v) is 2.37. The minimum atomic E-state index is -4.47. The number of halogens is 4. The van der Waals surface area contributed by atoms with Crippen LogP contribution in [-0.4, -0.2) is 17.4 Å². The molecule has 1 aliphatic rings. The monoisotopic (exact) mass is 332 g/mol. The van der Waals surface area contributed by atoms with E-state index < -0.39 is 11.7 Å². The van der Waals surface area contributed by atoms with Gasteiger partial charge in [-0.1, -0.05) is 0 Å². The average Bonchev–Trinajstić information content (AvgIpc) is 2.69. The van der Waals surface area contributed by atoms with Gasteiger partial charge in [0, 0.05) is 25.1 Å². The van der Waals surface area contributed by atoms with Crippen molar-refractivity contribution in [3.05, 3.63) is 22.3 Å². The lowest BCUT2D eigenvalue weighted by atomic mass is 10.1. The molecule has 0 radical (unpaired) electrons. The van der Waals surface area contributed by atoms with E-state index in [1.54, 1.807) is 0 Å². The smallest absolute Gasteiger partial charge is 0.295 e. The van der Waals surface area contributed by atoms with Crippen molar-refractivity contribution in [2.45, 2.75) is 12.6 Å². The molecule has 1 aliphatic heterocycles. The Morgan fingerprint density at radius 2 is 2.21 bits per heavy atom. The Morgan fingerprint density at radius 3 is 2.68 bits per heavy atom. The number of hydrogen-bond donors (Lipinski definition) is 0. The van der Waals surface area contributed by atoms with Gasteiger partial charge in [-0.05, 0) is 22.0 Å². The van der Waals surface area contributed by atoms with Crippen LogP contribution in [0.1, 0.15) is 12.0 Å². The van der Waals surface area contributed by atoms with Gasteiger partial charge in [-0.2, -0.15) is 13.2 Å². The Hall–Kier alpha value is -1.55. The lowest BCUT2D eigenvalue weighted by Crippen LogP contribution is -2.26. The molecule has 0 aromatic carbocycles. The third-order valence-corrected chi connectivity index (χ3v) is 3.35. The molecule has 0 N–H and O–H groups in total. The summed E-state index contributed by atoms with van der Waals surface area (Å²) in [6, 6.07) is 0.902. The average molecular weight is 333 g/mol. The van der Waals surface area contributed by atoms with Crippen LogP contribution >= 0.6 is 15.9 Å². The number of amides is 1. The van der Waals surface area contributed by atoms with Gasteiger partial charge < -0.3 is 0 Å². The van der Waals surface area contributed by atoms with E-state index in [0.29, 0.717) is 6.20 Å². The van der Waals surface area contributed by atoms with Crippen molar-refractivity contribution in [2.75, 3.05) is 11.4 Å². The number of anilines is 1. The van der Waals surface area contributed by atoms with Crippen LogP contribution in [0.3, 0.4) is 0 Å². The molecule has 1 unspecified atom stereocenters. The van der Waals surface area contributed by atoms with Crippen molar-refractivity contribution in [1.82, 2.24) is 4.98 Å². The topological polar surface area (TPSA) is 33.2 Å². The number of carbonyl (C=O) groups is 1. The molecule has 1 atom stereocenters. The molecule has 0 aliphatic carbocycles. The van der Waals surface area contributed by atoms with Crippen LogP contribution in [0.15, 0.2) is 16.7 Å². The van der Waals surface area contributed by atoms with E-state index >= 15 is 0 Å². The van der Waals surface area contributed by atoms with Gasteiger partial charge in [0.15, 0.2) is 0 Å². The van der Waals surface area contributed by atoms with Crippen molar-refractivity contribution in [2.24, 2.45) is 5.92 Å². The van der Waals surface area contributed by atoms with Gasteiger partial charge in [0.1, 0.15) is 5.82 Å². The summed E-state index contributed by atoms with van der Waals surface area (Å²) in [6.45, 7) is 0.270. The molecule has 2 heterocycles. The molecule has 7 heteroatoms. The quantitative estimate of drug-likeness (QED) is 0.741. The molecule has 1 saturated heterocycles. The van der Waals surface area contributed by atoms with Gasteiger partial charge in [-0.3, -0.25) is 9.69 Å². The molecule has 1 amide bonds. The summed E-state index contributed by atoms with van der Waals surface area (Å²) in [6.07, 6.45) is 1.67. The van der Waals surface area contributed by atoms with Gasteiger partial charge in [0.05, 0.1) is 10.0 Å². The lowest BCUT2D eigenvalue weighted by Gasteiger charge is -2.17. The van der Waals surface area contributed by atoms with Crippen molar-refractivity contribution in [3.63, 3.8) is 0 Å². The number of alkyl halides is 3. The summed E-state index contributed by atoms with van der Waals surface area (Å²) in [5.41, 5.74) is -0.872. The molecule has 0 saturated carbocycles. The highest BCUT2D eigenvalue weighted by atomic mass is 79.9. The van der Waals surface area contributed by atoms with Crippen molar-refractivity contribution >= 4 is 27.7 Å². The zero-order valence-corrected chi connectivity index (χ0v) is 11.1. The molecular formula is C12H8BrF3N2O. The molecule has 100 valence electrons. The van der Waals surface area contributed by atoms with Crippen molar-refractivity contribution in [3.8, 4) is 12.3 Å². The normalized spacial score (nSPS) is 19.6. The SMILES string of the molecule is C#CC1CC(=O)N(c2ncc(C(F)(F)F)cc2Br)C1. The second-order valence-electron chi connectivity index (χ2n) is 4.10. The van der Waals surface area contributed by atoms with E-state index in [1.165, 1.54) is 4.90 Å². The Bertz CT molecular complexity index is 565. The number of terminal acetylenes is 1. The Kier molecular flexibility index (Phi) is 3.54. The number of carbonyl (C=O) groups excluding carboxylic acids is 1. The first-order valence-electron chi connectivity index (χ1n) is 5.32. The third kappa shape index (κ3) is 2.73. The highest BCUT2D eigenvalue weighted by molar-refractivity contribution is 9.10. The maximum atomic E-state index is 12.5. The highest BCUT2D eigenvalue weighted by Gasteiger charge is 2.34. The molecule has 1 fully saturated rings. The van der Waals surface area contributed by atoms with Crippen LogP contribution in [0.2, 0.25) is 0 Å². The predicted octanol–water partition coefficient (Wildman–Crippen LogP) is 2.85. The Morgan fingerprint density at radius 1 is 1.53 bits per heavy atom. The fourth-order valence-electron chi connectivity index (χ4n) is 1.81. The summed E-state index contributed by atoms with van der Waals surface area (Å²) in [4.78, 5) is 16.7. The first kappa shape index (κ1) is 13.9. The van der Waals surface area contributed by atoms with Gasteiger partial charge in [-0.15, -0.1) is 12.3 Å². The largest absolute Gasteiger partial charge is 0.417 e. The number of pyridine rings is 1. The second kappa shape index (κ2) is 4.85. The van der Waals surface area contributed by atoms with E-state index in [4.69, 9.17) is 6.42 Å².